The van der Waals surface area contributed by atoms with Gasteiger partial charge in [-0.3, -0.25) is 5.10 Å². The maximum atomic E-state index is 12.8. The van der Waals surface area contributed by atoms with Crippen LogP contribution < -0.4 is 10.0 Å². The van der Waals surface area contributed by atoms with E-state index in [0.29, 0.717) is 23.0 Å². The van der Waals surface area contributed by atoms with Crippen LogP contribution in [0.1, 0.15) is 29.2 Å². The Hall–Kier alpha value is -3.30. The Morgan fingerprint density at radius 2 is 1.72 bits per heavy atom. The van der Waals surface area contributed by atoms with Crippen molar-refractivity contribution >= 4 is 26.7 Å². The molecule has 2 aromatic heterocycles. The zero-order valence-corrected chi connectivity index (χ0v) is 18.9. The summed E-state index contributed by atoms with van der Waals surface area (Å²) in [6.07, 6.45) is 1.91. The van der Waals surface area contributed by atoms with Crippen LogP contribution in [-0.2, 0) is 23.0 Å². The lowest BCUT2D eigenvalue weighted by Gasteiger charge is -2.12. The summed E-state index contributed by atoms with van der Waals surface area (Å²) < 4.78 is 28.1. The second kappa shape index (κ2) is 9.46. The summed E-state index contributed by atoms with van der Waals surface area (Å²) in [5.41, 5.74) is 2.98. The average Bonchev–Trinajstić information content (AvgIpc) is 3.14. The van der Waals surface area contributed by atoms with Crippen molar-refractivity contribution in [1.29, 1.82) is 0 Å². The lowest BCUT2D eigenvalue weighted by molar-refractivity contribution is 0.578. The third-order valence-corrected chi connectivity index (χ3v) is 6.84. The van der Waals surface area contributed by atoms with Crippen molar-refractivity contribution in [2.45, 2.75) is 38.1 Å². The molecule has 0 aliphatic carbocycles. The maximum Gasteiger partial charge on any atom is 0.244 e. The lowest BCUT2D eigenvalue weighted by atomic mass is 10.1. The van der Waals surface area contributed by atoms with Gasteiger partial charge in [0.25, 0.3) is 0 Å². The second-order valence-corrected chi connectivity index (χ2v) is 9.31. The SMILES string of the molecule is Cc1n[nH]c(C)c1S(=O)(=O)NCc1nc(NCCCc2ccccc2)c2ccccc2n1. The highest BCUT2D eigenvalue weighted by Gasteiger charge is 2.22. The van der Waals surface area contributed by atoms with Gasteiger partial charge in [0.2, 0.25) is 10.0 Å². The van der Waals surface area contributed by atoms with Crippen LogP contribution >= 0.6 is 0 Å². The van der Waals surface area contributed by atoms with Gasteiger partial charge in [-0.05, 0) is 44.4 Å². The van der Waals surface area contributed by atoms with Crippen LogP contribution in [0.3, 0.4) is 0 Å². The zero-order valence-electron chi connectivity index (χ0n) is 18.1. The van der Waals surface area contributed by atoms with Crippen LogP contribution in [0.15, 0.2) is 59.5 Å². The molecule has 0 radical (unpaired) electrons. The van der Waals surface area contributed by atoms with Gasteiger partial charge in [-0.25, -0.2) is 23.1 Å². The molecule has 0 spiro atoms. The fourth-order valence-corrected chi connectivity index (χ4v) is 5.00. The minimum Gasteiger partial charge on any atom is -0.369 e. The summed E-state index contributed by atoms with van der Waals surface area (Å²) in [6, 6.07) is 18.0. The molecule has 166 valence electrons. The third kappa shape index (κ3) is 4.95. The summed E-state index contributed by atoms with van der Waals surface area (Å²) in [5, 5.41) is 11.0. The summed E-state index contributed by atoms with van der Waals surface area (Å²) >= 11 is 0. The molecule has 0 atom stereocenters. The van der Waals surface area contributed by atoms with Crippen molar-refractivity contribution in [1.82, 2.24) is 24.9 Å². The monoisotopic (exact) mass is 450 g/mol. The first-order chi connectivity index (χ1) is 15.4. The smallest absolute Gasteiger partial charge is 0.244 e. The molecular weight excluding hydrogens is 424 g/mol. The number of para-hydroxylation sites is 1. The van der Waals surface area contributed by atoms with Gasteiger partial charge in [0.15, 0.2) is 0 Å². The Morgan fingerprint density at radius 3 is 2.47 bits per heavy atom. The topological polar surface area (TPSA) is 113 Å². The first-order valence-corrected chi connectivity index (χ1v) is 12.0. The molecule has 4 rings (SSSR count). The van der Waals surface area contributed by atoms with Crippen LogP contribution in [-0.4, -0.2) is 35.1 Å². The number of sulfonamides is 1. The molecule has 4 aromatic rings. The first kappa shape index (κ1) is 21.9. The summed E-state index contributed by atoms with van der Waals surface area (Å²) in [7, 11) is -3.74. The largest absolute Gasteiger partial charge is 0.369 e. The number of hydrogen-bond acceptors (Lipinski definition) is 6. The highest BCUT2D eigenvalue weighted by atomic mass is 32.2. The number of nitrogens with zero attached hydrogens (tertiary/aromatic N) is 3. The van der Waals surface area contributed by atoms with Crippen molar-refractivity contribution in [2.75, 3.05) is 11.9 Å². The Kier molecular flexibility index (Phi) is 6.48. The third-order valence-electron chi connectivity index (χ3n) is 5.18. The number of rotatable bonds is 9. The van der Waals surface area contributed by atoms with E-state index in [1.807, 2.05) is 42.5 Å². The molecule has 3 N–H and O–H groups in total. The van der Waals surface area contributed by atoms with E-state index >= 15 is 0 Å². The van der Waals surface area contributed by atoms with Gasteiger partial charge in [-0.2, -0.15) is 5.10 Å². The van der Waals surface area contributed by atoms with Crippen molar-refractivity contribution in [3.63, 3.8) is 0 Å². The van der Waals surface area contributed by atoms with Crippen molar-refractivity contribution in [2.24, 2.45) is 0 Å². The molecule has 8 nitrogen and oxygen atoms in total. The maximum absolute atomic E-state index is 12.8. The predicted octanol–water partition coefficient (Wildman–Crippen LogP) is 3.49. The molecule has 0 fully saturated rings. The molecule has 0 unspecified atom stereocenters. The van der Waals surface area contributed by atoms with Gasteiger partial charge in [0.05, 0.1) is 23.4 Å². The van der Waals surface area contributed by atoms with Crippen LogP contribution in [0, 0.1) is 13.8 Å². The van der Waals surface area contributed by atoms with E-state index in [9.17, 15) is 8.42 Å². The van der Waals surface area contributed by atoms with Crippen molar-refractivity contribution in [3.05, 3.63) is 77.4 Å². The van der Waals surface area contributed by atoms with E-state index in [-0.39, 0.29) is 11.4 Å². The lowest BCUT2D eigenvalue weighted by Crippen LogP contribution is -2.25. The zero-order chi connectivity index (χ0) is 22.6. The molecule has 0 saturated carbocycles. The molecule has 2 heterocycles. The molecule has 0 aliphatic rings. The van der Waals surface area contributed by atoms with Gasteiger partial charge in [0.1, 0.15) is 16.5 Å². The number of aromatic amines is 1. The van der Waals surface area contributed by atoms with E-state index < -0.39 is 10.0 Å². The van der Waals surface area contributed by atoms with Crippen LogP contribution in [0.5, 0.6) is 0 Å². The quantitative estimate of drug-likeness (QED) is 0.337. The van der Waals surface area contributed by atoms with Crippen molar-refractivity contribution < 1.29 is 8.42 Å². The number of anilines is 1. The van der Waals surface area contributed by atoms with Crippen LogP contribution in [0.25, 0.3) is 10.9 Å². The highest BCUT2D eigenvalue weighted by molar-refractivity contribution is 7.89. The number of benzene rings is 2. The number of aryl methyl sites for hydroxylation is 3. The van der Waals surface area contributed by atoms with Gasteiger partial charge in [-0.1, -0.05) is 42.5 Å². The minimum atomic E-state index is -3.74. The summed E-state index contributed by atoms with van der Waals surface area (Å²) in [6.45, 7) is 4.06. The fourth-order valence-electron chi connectivity index (χ4n) is 3.65. The van der Waals surface area contributed by atoms with Crippen molar-refractivity contribution in [3.8, 4) is 0 Å². The molecule has 0 saturated heterocycles. The molecular formula is C23H26N6O2S. The standard InChI is InChI=1S/C23H26N6O2S/c1-16-22(17(2)29-28-16)32(30,31)25-15-21-26-20-13-7-6-12-19(20)23(27-21)24-14-8-11-18-9-4-3-5-10-18/h3-7,9-10,12-13,25H,8,11,14-15H2,1-2H3,(H,28,29)(H,24,26,27). The van der Waals surface area contributed by atoms with Crippen LogP contribution in [0.2, 0.25) is 0 Å². The highest BCUT2D eigenvalue weighted by Crippen LogP contribution is 2.21. The molecule has 32 heavy (non-hydrogen) atoms. The number of H-pyrrole nitrogens is 1. The van der Waals surface area contributed by atoms with E-state index in [1.165, 1.54) is 5.56 Å². The number of fused-ring (bicyclic) bond motifs is 1. The summed E-state index contributed by atoms with van der Waals surface area (Å²) in [4.78, 5) is 9.31. The normalized spacial score (nSPS) is 11.7. The number of nitrogens with one attached hydrogen (secondary N) is 3. The Morgan fingerprint density at radius 1 is 0.969 bits per heavy atom. The molecule has 9 heteroatoms. The second-order valence-electron chi connectivity index (χ2n) is 7.61. The molecule has 0 aliphatic heterocycles. The van der Waals surface area contributed by atoms with Crippen LogP contribution in [0.4, 0.5) is 5.82 Å². The first-order valence-electron chi connectivity index (χ1n) is 10.5. The molecule has 2 aromatic carbocycles. The summed E-state index contributed by atoms with van der Waals surface area (Å²) in [5.74, 6) is 1.10. The van der Waals surface area contributed by atoms with Gasteiger partial charge in [0, 0.05) is 11.9 Å². The fraction of sp³-hybridized carbons (Fsp3) is 0.261. The Labute approximate surface area is 187 Å². The number of aromatic nitrogens is 4. The van der Waals surface area contributed by atoms with E-state index in [2.05, 4.69) is 42.3 Å². The number of hydrogen-bond donors (Lipinski definition) is 3. The average molecular weight is 451 g/mol. The molecule has 0 amide bonds. The Bertz CT molecular complexity index is 1300. The van der Waals surface area contributed by atoms with Gasteiger partial charge >= 0.3 is 0 Å². The Balaban J connectivity index is 1.49. The van der Waals surface area contributed by atoms with E-state index in [4.69, 9.17) is 0 Å². The minimum absolute atomic E-state index is 0.0179. The van der Waals surface area contributed by atoms with Gasteiger partial charge in [-0.15, -0.1) is 0 Å². The predicted molar refractivity (Wildman–Crippen MR) is 125 cm³/mol. The van der Waals surface area contributed by atoms with E-state index in [1.54, 1.807) is 13.8 Å². The van der Waals surface area contributed by atoms with E-state index in [0.717, 1.165) is 30.3 Å². The molecule has 0 bridgehead atoms. The van der Waals surface area contributed by atoms with Gasteiger partial charge < -0.3 is 5.32 Å².